The molecular formula is C14H15N2OPS. The van der Waals surface area contributed by atoms with Crippen LogP contribution in [0.15, 0.2) is 60.7 Å². The van der Waals surface area contributed by atoms with Crippen molar-refractivity contribution in [1.82, 2.24) is 0 Å². The Morgan fingerprint density at radius 2 is 1.42 bits per heavy atom. The van der Waals surface area contributed by atoms with E-state index in [1.165, 1.54) is 0 Å². The number of benzene rings is 2. The molecule has 0 bridgehead atoms. The van der Waals surface area contributed by atoms with E-state index in [2.05, 4.69) is 0 Å². The van der Waals surface area contributed by atoms with Crippen molar-refractivity contribution in [3.8, 4) is 0 Å². The number of nitrogens with two attached hydrogens (primary N) is 1. The Morgan fingerprint density at radius 3 is 1.79 bits per heavy atom. The molecule has 0 saturated carbocycles. The Morgan fingerprint density at radius 1 is 1.00 bits per heavy atom. The molecule has 0 aliphatic heterocycles. The Bertz CT molecular complexity index is 558. The van der Waals surface area contributed by atoms with E-state index in [0.29, 0.717) is 5.49 Å². The summed E-state index contributed by atoms with van der Waals surface area (Å²) in [6, 6.07) is 18.8. The first-order valence-electron chi connectivity index (χ1n) is 5.80. The van der Waals surface area contributed by atoms with Gasteiger partial charge in [-0.15, -0.1) is 0 Å². The lowest BCUT2D eigenvalue weighted by Gasteiger charge is -2.18. The summed E-state index contributed by atoms with van der Waals surface area (Å²) in [6.45, 7) is 0. The predicted octanol–water partition coefficient (Wildman–Crippen LogP) is 2.58. The maximum atomic E-state index is 13.3. The summed E-state index contributed by atoms with van der Waals surface area (Å²) in [4.78, 5) is 0. The van der Waals surface area contributed by atoms with Crippen LogP contribution in [0.4, 0.5) is 0 Å². The first-order chi connectivity index (χ1) is 9.13. The third-order valence-electron chi connectivity index (χ3n) is 2.75. The Balaban J connectivity index is 2.45. The summed E-state index contributed by atoms with van der Waals surface area (Å²) < 4.78 is 13.3. The highest BCUT2D eigenvalue weighted by Crippen LogP contribution is 2.46. The van der Waals surface area contributed by atoms with Crippen molar-refractivity contribution < 1.29 is 4.57 Å². The van der Waals surface area contributed by atoms with Gasteiger partial charge in [-0.05, 0) is 0 Å². The fourth-order valence-electron chi connectivity index (χ4n) is 1.80. The molecule has 0 heterocycles. The van der Waals surface area contributed by atoms with Crippen LogP contribution in [0.5, 0.6) is 0 Å². The molecule has 0 atom stereocenters. The van der Waals surface area contributed by atoms with Gasteiger partial charge in [0.1, 0.15) is 0 Å². The van der Waals surface area contributed by atoms with Gasteiger partial charge >= 0.3 is 0 Å². The Labute approximate surface area is 117 Å². The summed E-state index contributed by atoms with van der Waals surface area (Å²) in [7, 11) is -2.74. The van der Waals surface area contributed by atoms with Crippen LogP contribution in [0.25, 0.3) is 0 Å². The van der Waals surface area contributed by atoms with Gasteiger partial charge in [0.05, 0.1) is 5.49 Å². The van der Waals surface area contributed by atoms with Crippen LogP contribution in [0.2, 0.25) is 0 Å². The maximum absolute atomic E-state index is 13.3. The van der Waals surface area contributed by atoms with Gasteiger partial charge in [-0.1, -0.05) is 72.4 Å². The van der Waals surface area contributed by atoms with Gasteiger partial charge in [0.15, 0.2) is 12.3 Å². The highest BCUT2D eigenvalue weighted by molar-refractivity contribution is 8.19. The molecule has 98 valence electrons. The third-order valence-corrected chi connectivity index (χ3v) is 7.29. The molecule has 0 aliphatic rings. The highest BCUT2D eigenvalue weighted by Gasteiger charge is 2.27. The number of thioether (sulfide) groups is 1. The molecule has 0 saturated heterocycles. The molecule has 0 spiro atoms. The van der Waals surface area contributed by atoms with Crippen molar-refractivity contribution in [1.29, 1.82) is 5.41 Å². The van der Waals surface area contributed by atoms with Gasteiger partial charge in [-0.25, -0.2) is 0 Å². The number of hydrogen-bond donors (Lipinski definition) is 2. The number of rotatable bonds is 4. The van der Waals surface area contributed by atoms with Gasteiger partial charge in [0, 0.05) is 10.6 Å². The van der Waals surface area contributed by atoms with Gasteiger partial charge in [0.2, 0.25) is 0 Å². The zero-order chi connectivity index (χ0) is 13.7. The molecule has 0 aromatic heterocycles. The molecule has 0 aliphatic carbocycles. The molecule has 0 radical (unpaired) electrons. The molecule has 2 aromatic rings. The van der Waals surface area contributed by atoms with Crippen LogP contribution in [0.1, 0.15) is 0 Å². The number of amidine groups is 1. The monoisotopic (exact) mass is 290 g/mol. The first kappa shape index (κ1) is 13.9. The van der Waals surface area contributed by atoms with Gasteiger partial charge < -0.3 is 10.3 Å². The molecular weight excluding hydrogens is 275 g/mol. The summed E-state index contributed by atoms with van der Waals surface area (Å²) in [5, 5.41) is 8.91. The minimum absolute atomic E-state index is 0.00733. The third kappa shape index (κ3) is 3.28. The van der Waals surface area contributed by atoms with Gasteiger partial charge in [0.25, 0.3) is 0 Å². The zero-order valence-corrected chi connectivity index (χ0v) is 12.0. The first-order valence-corrected chi connectivity index (χ1v) is 8.68. The van der Waals surface area contributed by atoms with Crippen molar-refractivity contribution >= 4 is 34.7 Å². The average molecular weight is 290 g/mol. The predicted molar refractivity (Wildman–Crippen MR) is 84.1 cm³/mol. The molecule has 2 aromatic carbocycles. The summed E-state index contributed by atoms with van der Waals surface area (Å²) >= 11 is 1.13. The SMILES string of the molecule is N=C(N)SCP(=O)(c1ccccc1)c1ccccc1. The normalized spacial score (nSPS) is 11.2. The molecule has 3 N–H and O–H groups in total. The average Bonchev–Trinajstić information content (AvgIpc) is 2.46. The summed E-state index contributed by atoms with van der Waals surface area (Å²) in [6.07, 6.45) is 0. The van der Waals surface area contributed by atoms with Crippen LogP contribution in [0.3, 0.4) is 0 Å². The second-order valence-corrected chi connectivity index (χ2v) is 8.32. The zero-order valence-electron chi connectivity index (χ0n) is 10.3. The molecule has 2 rings (SSSR count). The fraction of sp³-hybridized carbons (Fsp3) is 0.0714. The minimum Gasteiger partial charge on any atom is -0.379 e. The largest absolute Gasteiger partial charge is 0.379 e. The van der Waals surface area contributed by atoms with Crippen molar-refractivity contribution in [2.75, 3.05) is 5.49 Å². The summed E-state index contributed by atoms with van der Waals surface area (Å²) in [5.41, 5.74) is 5.70. The molecule has 3 nitrogen and oxygen atoms in total. The second-order valence-electron chi connectivity index (χ2n) is 4.05. The smallest absolute Gasteiger partial charge is 0.153 e. The van der Waals surface area contributed by atoms with E-state index >= 15 is 0 Å². The van der Waals surface area contributed by atoms with Crippen LogP contribution in [-0.4, -0.2) is 10.7 Å². The summed E-state index contributed by atoms with van der Waals surface area (Å²) in [5.74, 6) is 0. The molecule has 0 amide bonds. The molecule has 5 heteroatoms. The van der Waals surface area contributed by atoms with Crippen molar-refractivity contribution in [2.45, 2.75) is 0 Å². The van der Waals surface area contributed by atoms with Crippen LogP contribution >= 0.6 is 18.9 Å². The standard InChI is InChI=1S/C14H15N2OPS/c15-14(16)19-11-18(17,12-7-3-1-4-8-12)13-9-5-2-6-10-13/h1-10H,11H2,(H3,15,16). The molecule has 0 unspecified atom stereocenters. The van der Waals surface area contributed by atoms with Crippen LogP contribution in [-0.2, 0) is 4.57 Å². The van der Waals surface area contributed by atoms with Gasteiger partial charge in [-0.2, -0.15) is 0 Å². The van der Waals surface area contributed by atoms with E-state index in [9.17, 15) is 4.57 Å². The lowest BCUT2D eigenvalue weighted by atomic mass is 10.4. The van der Waals surface area contributed by atoms with E-state index in [4.69, 9.17) is 11.1 Å². The van der Waals surface area contributed by atoms with E-state index in [0.717, 1.165) is 22.4 Å². The minimum atomic E-state index is -2.74. The quantitative estimate of drug-likeness (QED) is 0.516. The van der Waals surface area contributed by atoms with E-state index < -0.39 is 7.14 Å². The van der Waals surface area contributed by atoms with Crippen molar-refractivity contribution in [3.05, 3.63) is 60.7 Å². The van der Waals surface area contributed by atoms with Gasteiger partial charge in [-0.3, -0.25) is 5.41 Å². The Kier molecular flexibility index (Phi) is 4.46. The lowest BCUT2D eigenvalue weighted by Crippen LogP contribution is -2.18. The fourth-order valence-corrected chi connectivity index (χ4v) is 5.88. The number of hydrogen-bond acceptors (Lipinski definition) is 3. The molecule has 0 fully saturated rings. The van der Waals surface area contributed by atoms with E-state index in [1.54, 1.807) is 0 Å². The Hall–Kier alpha value is -1.51. The number of nitrogens with one attached hydrogen (secondary N) is 1. The van der Waals surface area contributed by atoms with Crippen LogP contribution < -0.4 is 16.3 Å². The second kappa shape index (κ2) is 6.09. The van der Waals surface area contributed by atoms with Crippen molar-refractivity contribution in [3.63, 3.8) is 0 Å². The maximum Gasteiger partial charge on any atom is 0.153 e. The lowest BCUT2D eigenvalue weighted by molar-refractivity contribution is 0.590. The van der Waals surface area contributed by atoms with Crippen molar-refractivity contribution in [2.24, 2.45) is 5.73 Å². The van der Waals surface area contributed by atoms with Crippen LogP contribution in [0, 0.1) is 5.41 Å². The van der Waals surface area contributed by atoms with E-state index in [1.807, 2.05) is 60.7 Å². The molecule has 19 heavy (non-hydrogen) atoms. The van der Waals surface area contributed by atoms with E-state index in [-0.39, 0.29) is 5.17 Å². The highest BCUT2D eigenvalue weighted by atomic mass is 32.2. The topological polar surface area (TPSA) is 66.9 Å².